The largest absolute Gasteiger partial charge is 0.336 e. The number of nitrogens with zero attached hydrogens (tertiary/aromatic N) is 4. The van der Waals surface area contributed by atoms with Crippen LogP contribution < -0.4 is 10.9 Å². The number of piperidine rings is 1. The van der Waals surface area contributed by atoms with Gasteiger partial charge in [-0.3, -0.25) is 10.2 Å². The lowest BCUT2D eigenvalue weighted by atomic mass is 9.96. The maximum Gasteiger partial charge on any atom is 0.336 e. The SMILES string of the molecule is Cc1ncsc1C(=O)NNC(=O)N1CCC(c2ncc(Cl)cn2)CC1. The minimum absolute atomic E-state index is 0.204. The number of carbonyl (C=O) groups excluding carboxylic acids is 2. The molecule has 0 radical (unpaired) electrons. The molecule has 0 aliphatic carbocycles. The van der Waals surface area contributed by atoms with Crippen molar-refractivity contribution >= 4 is 34.9 Å². The van der Waals surface area contributed by atoms with Gasteiger partial charge in [0.25, 0.3) is 5.91 Å². The van der Waals surface area contributed by atoms with Crippen LogP contribution in [0.5, 0.6) is 0 Å². The number of halogens is 1. The minimum Gasteiger partial charge on any atom is -0.323 e. The summed E-state index contributed by atoms with van der Waals surface area (Å²) in [5.74, 6) is 0.590. The van der Waals surface area contributed by atoms with E-state index < -0.39 is 0 Å². The van der Waals surface area contributed by atoms with Crippen LogP contribution in [0.3, 0.4) is 0 Å². The van der Waals surface area contributed by atoms with E-state index in [9.17, 15) is 9.59 Å². The van der Waals surface area contributed by atoms with E-state index in [1.165, 1.54) is 11.3 Å². The van der Waals surface area contributed by atoms with E-state index in [4.69, 9.17) is 11.6 Å². The second-order valence-electron chi connectivity index (χ2n) is 5.67. The molecule has 0 unspecified atom stereocenters. The quantitative estimate of drug-likeness (QED) is 0.777. The van der Waals surface area contributed by atoms with Gasteiger partial charge in [-0.05, 0) is 19.8 Å². The lowest BCUT2D eigenvalue weighted by molar-refractivity contribution is 0.0930. The monoisotopic (exact) mass is 380 g/mol. The summed E-state index contributed by atoms with van der Waals surface area (Å²) in [6.07, 6.45) is 4.69. The van der Waals surface area contributed by atoms with Gasteiger partial charge in [0.05, 0.1) is 16.2 Å². The number of carbonyl (C=O) groups is 2. The van der Waals surface area contributed by atoms with E-state index in [0.717, 1.165) is 18.7 Å². The second-order valence-corrected chi connectivity index (χ2v) is 6.96. The van der Waals surface area contributed by atoms with Gasteiger partial charge in [-0.2, -0.15) is 0 Å². The molecule has 8 nitrogen and oxygen atoms in total. The highest BCUT2D eigenvalue weighted by atomic mass is 35.5. The Labute approximate surface area is 153 Å². The van der Waals surface area contributed by atoms with E-state index >= 15 is 0 Å². The predicted octanol–water partition coefficient (Wildman–Crippen LogP) is 2.13. The molecule has 1 fully saturated rings. The molecule has 3 amide bonds. The molecule has 0 bridgehead atoms. The zero-order valence-corrected chi connectivity index (χ0v) is 15.1. The van der Waals surface area contributed by atoms with Crippen molar-refractivity contribution in [3.8, 4) is 0 Å². The molecule has 1 aliphatic rings. The minimum atomic E-state index is -0.363. The van der Waals surface area contributed by atoms with E-state index in [-0.39, 0.29) is 17.9 Å². The number of aromatic nitrogens is 3. The fraction of sp³-hybridized carbons (Fsp3) is 0.400. The van der Waals surface area contributed by atoms with Crippen molar-refractivity contribution in [2.24, 2.45) is 0 Å². The molecule has 10 heteroatoms. The molecule has 3 rings (SSSR count). The van der Waals surface area contributed by atoms with Crippen molar-refractivity contribution in [1.82, 2.24) is 30.7 Å². The van der Waals surface area contributed by atoms with Crippen molar-refractivity contribution in [3.05, 3.63) is 39.3 Å². The number of hydrogen-bond acceptors (Lipinski definition) is 6. The first-order valence-corrected chi connectivity index (χ1v) is 9.03. The van der Waals surface area contributed by atoms with Crippen LogP contribution in [0.2, 0.25) is 5.02 Å². The van der Waals surface area contributed by atoms with Gasteiger partial charge in [-0.15, -0.1) is 11.3 Å². The molecule has 132 valence electrons. The lowest BCUT2D eigenvalue weighted by Gasteiger charge is -2.31. The van der Waals surface area contributed by atoms with Crippen LogP contribution in [0, 0.1) is 6.92 Å². The molecule has 3 heterocycles. The number of amides is 3. The number of urea groups is 1. The van der Waals surface area contributed by atoms with Crippen LogP contribution in [0.1, 0.15) is 39.9 Å². The maximum atomic E-state index is 12.2. The third-order valence-corrected chi connectivity index (χ3v) is 5.14. The van der Waals surface area contributed by atoms with Gasteiger partial charge >= 0.3 is 6.03 Å². The first kappa shape index (κ1) is 17.6. The highest BCUT2D eigenvalue weighted by Gasteiger charge is 2.25. The van der Waals surface area contributed by atoms with Gasteiger partial charge in [-0.1, -0.05) is 11.6 Å². The van der Waals surface area contributed by atoms with Gasteiger partial charge in [0.1, 0.15) is 10.7 Å². The average molecular weight is 381 g/mol. The average Bonchev–Trinajstić information content (AvgIpc) is 3.06. The Morgan fingerprint density at radius 1 is 1.20 bits per heavy atom. The number of nitrogens with one attached hydrogen (secondary N) is 2. The molecule has 2 aromatic heterocycles. The van der Waals surface area contributed by atoms with Crippen LogP contribution in [-0.4, -0.2) is 44.9 Å². The number of rotatable bonds is 2. The number of hydrogen-bond donors (Lipinski definition) is 2. The molecule has 25 heavy (non-hydrogen) atoms. The highest BCUT2D eigenvalue weighted by molar-refractivity contribution is 7.11. The number of hydrazine groups is 1. The molecule has 1 aliphatic heterocycles. The Morgan fingerprint density at radius 2 is 1.88 bits per heavy atom. The standard InChI is InChI=1S/C15H17ClN6O2S/c1-9-12(25-8-19-9)14(23)20-21-15(24)22-4-2-10(3-5-22)13-17-6-11(16)7-18-13/h6-8,10H,2-5H2,1H3,(H,20,23)(H,21,24). The van der Waals surface area contributed by atoms with Crippen LogP contribution in [0.4, 0.5) is 4.79 Å². The summed E-state index contributed by atoms with van der Waals surface area (Å²) in [5.41, 5.74) is 7.10. The predicted molar refractivity (Wildman–Crippen MR) is 93.4 cm³/mol. The summed E-state index contributed by atoms with van der Waals surface area (Å²) in [6.45, 7) is 2.88. The molecular formula is C15H17ClN6O2S. The molecule has 0 aromatic carbocycles. The highest BCUT2D eigenvalue weighted by Crippen LogP contribution is 2.25. The van der Waals surface area contributed by atoms with Crippen molar-refractivity contribution in [3.63, 3.8) is 0 Å². The molecule has 2 N–H and O–H groups in total. The van der Waals surface area contributed by atoms with Gasteiger partial charge in [0.15, 0.2) is 0 Å². The van der Waals surface area contributed by atoms with Gasteiger partial charge < -0.3 is 4.90 Å². The van der Waals surface area contributed by atoms with Gasteiger partial charge in [0, 0.05) is 31.4 Å². The van der Waals surface area contributed by atoms with E-state index in [2.05, 4.69) is 25.8 Å². The van der Waals surface area contributed by atoms with E-state index in [0.29, 0.717) is 28.7 Å². The summed E-state index contributed by atoms with van der Waals surface area (Å²) in [4.78, 5) is 38.8. The second kappa shape index (κ2) is 7.75. The van der Waals surface area contributed by atoms with Crippen LogP contribution in [0.25, 0.3) is 0 Å². The number of thiazole rings is 1. The number of aryl methyl sites for hydroxylation is 1. The van der Waals surface area contributed by atoms with Gasteiger partial charge in [0.2, 0.25) is 0 Å². The molecule has 0 atom stereocenters. The topological polar surface area (TPSA) is 100 Å². The summed E-state index contributed by atoms with van der Waals surface area (Å²) >= 11 is 7.03. The third-order valence-electron chi connectivity index (χ3n) is 4.02. The summed E-state index contributed by atoms with van der Waals surface area (Å²) < 4.78 is 0. The van der Waals surface area contributed by atoms with Crippen molar-refractivity contribution in [2.75, 3.05) is 13.1 Å². The van der Waals surface area contributed by atoms with Crippen molar-refractivity contribution in [2.45, 2.75) is 25.7 Å². The zero-order chi connectivity index (χ0) is 17.8. The fourth-order valence-electron chi connectivity index (χ4n) is 2.64. The first-order chi connectivity index (χ1) is 12.0. The Kier molecular flexibility index (Phi) is 5.44. The summed E-state index contributed by atoms with van der Waals surface area (Å²) in [5, 5.41) is 0.507. The molecule has 1 saturated heterocycles. The molecule has 0 saturated carbocycles. The Hall–Kier alpha value is -2.26. The summed E-state index contributed by atoms with van der Waals surface area (Å²) in [7, 11) is 0. The molecular weight excluding hydrogens is 364 g/mol. The third kappa shape index (κ3) is 4.23. The summed E-state index contributed by atoms with van der Waals surface area (Å²) in [6, 6.07) is -0.328. The molecule has 2 aromatic rings. The fourth-order valence-corrected chi connectivity index (χ4v) is 3.43. The number of likely N-dealkylation sites (tertiary alicyclic amines) is 1. The Morgan fingerprint density at radius 3 is 2.48 bits per heavy atom. The Balaban J connectivity index is 1.47. The van der Waals surface area contributed by atoms with Crippen LogP contribution >= 0.6 is 22.9 Å². The maximum absolute atomic E-state index is 12.2. The lowest BCUT2D eigenvalue weighted by Crippen LogP contribution is -2.50. The Bertz CT molecular complexity index is 758. The van der Waals surface area contributed by atoms with E-state index in [1.807, 2.05) is 0 Å². The van der Waals surface area contributed by atoms with Crippen molar-refractivity contribution < 1.29 is 9.59 Å². The van der Waals surface area contributed by atoms with Crippen LogP contribution in [0.15, 0.2) is 17.9 Å². The van der Waals surface area contributed by atoms with Crippen molar-refractivity contribution in [1.29, 1.82) is 0 Å². The van der Waals surface area contributed by atoms with E-state index in [1.54, 1.807) is 29.7 Å². The van der Waals surface area contributed by atoms with Gasteiger partial charge in [-0.25, -0.2) is 25.2 Å². The normalized spacial score (nSPS) is 15.0. The first-order valence-electron chi connectivity index (χ1n) is 7.77. The zero-order valence-electron chi connectivity index (χ0n) is 13.5. The molecule has 0 spiro atoms. The smallest absolute Gasteiger partial charge is 0.323 e. The van der Waals surface area contributed by atoms with Crippen LogP contribution in [-0.2, 0) is 0 Å².